The summed E-state index contributed by atoms with van der Waals surface area (Å²) in [5.41, 5.74) is 4.59. The highest BCUT2D eigenvalue weighted by molar-refractivity contribution is 5.96. The van der Waals surface area contributed by atoms with E-state index in [2.05, 4.69) is 5.32 Å². The van der Waals surface area contributed by atoms with Crippen LogP contribution in [-0.4, -0.2) is 26.3 Å². The zero-order valence-electron chi connectivity index (χ0n) is 18.7. The molecule has 1 aliphatic heterocycles. The molecule has 0 spiro atoms. The summed E-state index contributed by atoms with van der Waals surface area (Å²) in [5.74, 6) is 0.538. The maximum atomic E-state index is 13.8. The fourth-order valence-electron chi connectivity index (χ4n) is 4.52. The standard InChI is InChI=1S/C27H26N4O2/c1-18-12-14-21(15-13-18)28-25(32)16-24-27(33)30(17-20-8-4-3-5-9-20)19(2)26-29-22-10-6-7-11-23(22)31(24)26/h3-15,19,24H,16-17H2,1-2H3,(H,28,32). The van der Waals surface area contributed by atoms with Crippen molar-refractivity contribution in [2.45, 2.75) is 38.9 Å². The molecule has 6 heteroatoms. The Morgan fingerprint density at radius 3 is 2.42 bits per heavy atom. The first-order valence-corrected chi connectivity index (χ1v) is 11.2. The van der Waals surface area contributed by atoms with Gasteiger partial charge in [0.2, 0.25) is 11.8 Å². The van der Waals surface area contributed by atoms with E-state index in [0.717, 1.165) is 33.7 Å². The van der Waals surface area contributed by atoms with E-state index in [0.29, 0.717) is 6.54 Å². The lowest BCUT2D eigenvalue weighted by Gasteiger charge is -2.38. The molecule has 2 atom stereocenters. The first-order chi connectivity index (χ1) is 16.0. The van der Waals surface area contributed by atoms with Crippen LogP contribution in [-0.2, 0) is 16.1 Å². The van der Waals surface area contributed by atoms with Gasteiger partial charge in [-0.3, -0.25) is 9.59 Å². The number of carbonyl (C=O) groups is 2. The predicted octanol–water partition coefficient (Wildman–Crippen LogP) is 5.02. The molecule has 5 rings (SSSR count). The lowest BCUT2D eigenvalue weighted by Crippen LogP contribution is -2.45. The van der Waals surface area contributed by atoms with E-state index >= 15 is 0 Å². The molecule has 4 aromatic rings. The van der Waals surface area contributed by atoms with E-state index in [1.54, 1.807) is 0 Å². The number of fused-ring (bicyclic) bond motifs is 3. The average molecular weight is 439 g/mol. The molecule has 0 bridgehead atoms. The van der Waals surface area contributed by atoms with Gasteiger partial charge in [0.15, 0.2) is 0 Å². The highest BCUT2D eigenvalue weighted by Gasteiger charge is 2.40. The topological polar surface area (TPSA) is 67.2 Å². The Morgan fingerprint density at radius 1 is 0.970 bits per heavy atom. The summed E-state index contributed by atoms with van der Waals surface area (Å²) in [4.78, 5) is 33.5. The van der Waals surface area contributed by atoms with Crippen LogP contribution in [0.2, 0.25) is 0 Å². The van der Waals surface area contributed by atoms with Gasteiger partial charge in [0, 0.05) is 12.2 Å². The van der Waals surface area contributed by atoms with Crippen molar-refractivity contribution in [3.63, 3.8) is 0 Å². The third kappa shape index (κ3) is 4.00. The maximum absolute atomic E-state index is 13.8. The largest absolute Gasteiger partial charge is 0.327 e. The van der Waals surface area contributed by atoms with Gasteiger partial charge in [-0.15, -0.1) is 0 Å². The number of rotatable bonds is 5. The first kappa shape index (κ1) is 20.9. The Labute approximate surface area is 192 Å². The molecule has 2 unspecified atom stereocenters. The number of benzene rings is 3. The SMILES string of the molecule is Cc1ccc(NC(=O)CC2C(=O)N(Cc3ccccc3)C(C)c3nc4ccccc4n32)cc1. The van der Waals surface area contributed by atoms with E-state index < -0.39 is 6.04 Å². The van der Waals surface area contributed by atoms with Crippen LogP contribution < -0.4 is 5.32 Å². The molecule has 0 radical (unpaired) electrons. The van der Waals surface area contributed by atoms with Crippen molar-refractivity contribution >= 4 is 28.5 Å². The Balaban J connectivity index is 1.50. The Kier molecular flexibility index (Phi) is 5.42. The van der Waals surface area contributed by atoms with E-state index in [9.17, 15) is 9.59 Å². The summed E-state index contributed by atoms with van der Waals surface area (Å²) in [6.07, 6.45) is 0.0398. The highest BCUT2D eigenvalue weighted by atomic mass is 16.2. The number of carbonyl (C=O) groups excluding carboxylic acids is 2. The average Bonchev–Trinajstić information content (AvgIpc) is 3.21. The van der Waals surface area contributed by atoms with Gasteiger partial charge in [-0.2, -0.15) is 0 Å². The number of hydrogen-bond acceptors (Lipinski definition) is 3. The van der Waals surface area contributed by atoms with Crippen molar-refractivity contribution in [2.24, 2.45) is 0 Å². The van der Waals surface area contributed by atoms with Gasteiger partial charge in [-0.1, -0.05) is 60.2 Å². The number of nitrogens with one attached hydrogen (secondary N) is 1. The molecule has 0 fully saturated rings. The van der Waals surface area contributed by atoms with Crippen LogP contribution in [0.15, 0.2) is 78.9 Å². The van der Waals surface area contributed by atoms with Gasteiger partial charge in [0.25, 0.3) is 0 Å². The minimum Gasteiger partial charge on any atom is -0.327 e. The molecule has 33 heavy (non-hydrogen) atoms. The second-order valence-corrected chi connectivity index (χ2v) is 8.59. The summed E-state index contributed by atoms with van der Waals surface area (Å²) in [7, 11) is 0. The maximum Gasteiger partial charge on any atom is 0.247 e. The summed E-state index contributed by atoms with van der Waals surface area (Å²) >= 11 is 0. The minimum absolute atomic E-state index is 0.0398. The van der Waals surface area contributed by atoms with Crippen molar-refractivity contribution in [3.05, 3.63) is 95.8 Å². The van der Waals surface area contributed by atoms with Gasteiger partial charge >= 0.3 is 0 Å². The predicted molar refractivity (Wildman–Crippen MR) is 129 cm³/mol. The lowest BCUT2D eigenvalue weighted by atomic mass is 10.0. The summed E-state index contributed by atoms with van der Waals surface area (Å²) in [5, 5.41) is 2.94. The van der Waals surface area contributed by atoms with Gasteiger partial charge in [0.1, 0.15) is 11.9 Å². The van der Waals surface area contributed by atoms with E-state index in [4.69, 9.17) is 4.98 Å². The summed E-state index contributed by atoms with van der Waals surface area (Å²) in [6.45, 7) is 4.47. The highest BCUT2D eigenvalue weighted by Crippen LogP contribution is 2.37. The quantitative estimate of drug-likeness (QED) is 0.476. The third-order valence-corrected chi connectivity index (χ3v) is 6.25. The normalized spacial score (nSPS) is 17.8. The number of anilines is 1. The third-order valence-electron chi connectivity index (χ3n) is 6.25. The van der Waals surface area contributed by atoms with Crippen LogP contribution in [0.5, 0.6) is 0 Å². The second kappa shape index (κ2) is 8.54. The van der Waals surface area contributed by atoms with Gasteiger partial charge in [0.05, 0.1) is 23.5 Å². The monoisotopic (exact) mass is 438 g/mol. The molecular weight excluding hydrogens is 412 g/mol. The number of aromatic nitrogens is 2. The molecule has 2 amide bonds. The zero-order valence-corrected chi connectivity index (χ0v) is 18.7. The second-order valence-electron chi connectivity index (χ2n) is 8.59. The molecule has 3 aromatic carbocycles. The summed E-state index contributed by atoms with van der Waals surface area (Å²) < 4.78 is 1.96. The molecule has 0 saturated carbocycles. The van der Waals surface area contributed by atoms with Crippen LogP contribution >= 0.6 is 0 Å². The Hall–Kier alpha value is -3.93. The number of aryl methyl sites for hydroxylation is 1. The number of para-hydroxylation sites is 2. The van der Waals surface area contributed by atoms with Gasteiger partial charge in [-0.05, 0) is 43.7 Å². The van der Waals surface area contributed by atoms with E-state index in [-0.39, 0.29) is 24.3 Å². The molecule has 0 saturated heterocycles. The number of imidazole rings is 1. The molecule has 1 N–H and O–H groups in total. The lowest BCUT2D eigenvalue weighted by molar-refractivity contribution is -0.142. The van der Waals surface area contributed by atoms with Crippen molar-refractivity contribution in [3.8, 4) is 0 Å². The van der Waals surface area contributed by atoms with E-state index in [1.165, 1.54) is 0 Å². The number of hydrogen-bond donors (Lipinski definition) is 1. The Bertz CT molecular complexity index is 1310. The number of amides is 2. The zero-order chi connectivity index (χ0) is 22.9. The van der Waals surface area contributed by atoms with Crippen LogP contribution in [0.1, 0.15) is 42.4 Å². The van der Waals surface area contributed by atoms with Crippen LogP contribution in [0.3, 0.4) is 0 Å². The van der Waals surface area contributed by atoms with Gasteiger partial charge < -0.3 is 14.8 Å². The molecular formula is C27H26N4O2. The Morgan fingerprint density at radius 2 is 1.67 bits per heavy atom. The van der Waals surface area contributed by atoms with Gasteiger partial charge in [-0.25, -0.2) is 4.98 Å². The molecule has 1 aliphatic rings. The minimum atomic E-state index is -0.655. The number of nitrogens with zero attached hydrogens (tertiary/aromatic N) is 3. The molecule has 2 heterocycles. The van der Waals surface area contributed by atoms with Crippen molar-refractivity contribution in [1.29, 1.82) is 0 Å². The van der Waals surface area contributed by atoms with Crippen molar-refractivity contribution < 1.29 is 9.59 Å². The molecule has 6 nitrogen and oxygen atoms in total. The van der Waals surface area contributed by atoms with Crippen LogP contribution in [0.4, 0.5) is 5.69 Å². The molecule has 166 valence electrons. The fourth-order valence-corrected chi connectivity index (χ4v) is 4.52. The molecule has 1 aromatic heterocycles. The van der Waals surface area contributed by atoms with Crippen LogP contribution in [0.25, 0.3) is 11.0 Å². The van der Waals surface area contributed by atoms with Crippen molar-refractivity contribution in [1.82, 2.24) is 14.5 Å². The first-order valence-electron chi connectivity index (χ1n) is 11.2. The van der Waals surface area contributed by atoms with E-state index in [1.807, 2.05) is 102 Å². The smallest absolute Gasteiger partial charge is 0.247 e. The van der Waals surface area contributed by atoms with Crippen molar-refractivity contribution in [2.75, 3.05) is 5.32 Å². The summed E-state index contributed by atoms with van der Waals surface area (Å²) in [6, 6.07) is 24.5. The molecule has 0 aliphatic carbocycles. The fraction of sp³-hybridized carbons (Fsp3) is 0.222. The van der Waals surface area contributed by atoms with Crippen LogP contribution in [0, 0.1) is 6.92 Å².